The summed E-state index contributed by atoms with van der Waals surface area (Å²) in [5, 5.41) is 26.2. The summed E-state index contributed by atoms with van der Waals surface area (Å²) in [6.07, 6.45) is 0. The molecule has 0 aromatic rings. The molecule has 0 spiro atoms. The van der Waals surface area contributed by atoms with E-state index in [1.54, 1.807) is 13.8 Å². The lowest BCUT2D eigenvalue weighted by Gasteiger charge is -2.28. The van der Waals surface area contributed by atoms with E-state index in [-0.39, 0.29) is 13.1 Å². The lowest BCUT2D eigenvalue weighted by Crippen LogP contribution is -2.54. The van der Waals surface area contributed by atoms with Crippen molar-refractivity contribution in [3.63, 3.8) is 0 Å². The maximum Gasteiger partial charge on any atom is 0.381 e. The van der Waals surface area contributed by atoms with Crippen LogP contribution in [-0.2, 0) is 4.79 Å². The molecule has 66 valence electrons. The first-order chi connectivity index (χ1) is 4.96. The average molecular weight is 163 g/mol. The molecule has 0 aliphatic rings. The Hall–Kier alpha value is -0.650. The Kier molecular flexibility index (Phi) is 3.44. The van der Waals surface area contributed by atoms with Crippen LogP contribution in [0, 0.1) is 0 Å². The zero-order valence-corrected chi connectivity index (χ0v) is 6.61. The van der Waals surface area contributed by atoms with Crippen molar-refractivity contribution in [2.45, 2.75) is 19.8 Å². The molecule has 5 nitrogen and oxygen atoms in total. The molecule has 0 amide bonds. The van der Waals surface area contributed by atoms with E-state index in [1.165, 1.54) is 0 Å². The molecule has 0 aromatic heterocycles. The normalized spacial score (nSPS) is 12.1. The summed E-state index contributed by atoms with van der Waals surface area (Å²) in [6.45, 7) is 3.84. The molecule has 0 radical (unpaired) electrons. The van der Waals surface area contributed by atoms with E-state index in [1.807, 2.05) is 0 Å². The van der Waals surface area contributed by atoms with Gasteiger partial charge < -0.3 is 15.3 Å². The van der Waals surface area contributed by atoms with Crippen molar-refractivity contribution in [2.24, 2.45) is 0 Å². The number of carboxylic acid groups (broad SMARTS) is 1. The molecule has 0 bridgehead atoms. The van der Waals surface area contributed by atoms with Gasteiger partial charge in [-0.1, -0.05) is 13.8 Å². The van der Waals surface area contributed by atoms with Crippen LogP contribution in [-0.4, -0.2) is 45.2 Å². The first kappa shape index (κ1) is 10.3. The third-order valence-corrected chi connectivity index (χ3v) is 1.49. The fourth-order valence-corrected chi connectivity index (χ4v) is 0.800. The zero-order chi connectivity index (χ0) is 9.07. The predicted octanol–water partition coefficient (Wildman–Crippen LogP) is -0.949. The van der Waals surface area contributed by atoms with Gasteiger partial charge in [-0.15, -0.1) is 0 Å². The third kappa shape index (κ3) is 2.14. The molecule has 5 heteroatoms. The Morgan fingerprint density at radius 1 is 1.36 bits per heavy atom. The second-order valence-electron chi connectivity index (χ2n) is 2.11. The second-order valence-corrected chi connectivity index (χ2v) is 2.11. The third-order valence-electron chi connectivity index (χ3n) is 1.49. The van der Waals surface area contributed by atoms with Crippen LogP contribution in [0.2, 0.25) is 0 Å². The van der Waals surface area contributed by atoms with Crippen LogP contribution in [0.4, 0.5) is 0 Å². The van der Waals surface area contributed by atoms with Gasteiger partial charge in [-0.25, -0.2) is 9.69 Å². The highest BCUT2D eigenvalue weighted by molar-refractivity contribution is 5.74. The monoisotopic (exact) mass is 163 g/mol. The van der Waals surface area contributed by atoms with E-state index >= 15 is 0 Å². The average Bonchev–Trinajstić information content (AvgIpc) is 1.89. The molecule has 3 N–H and O–H groups in total. The smallest absolute Gasteiger partial charge is 0.381 e. The molecule has 11 heavy (non-hydrogen) atoms. The van der Waals surface area contributed by atoms with Gasteiger partial charge in [0.25, 0.3) is 0 Å². The quantitative estimate of drug-likeness (QED) is 0.465. The minimum absolute atomic E-state index is 0.274. The van der Waals surface area contributed by atoms with Gasteiger partial charge in [-0.3, -0.25) is 0 Å². The maximum atomic E-state index is 10.2. The van der Waals surface area contributed by atoms with E-state index in [9.17, 15) is 4.79 Å². The predicted molar refractivity (Wildman–Crippen MR) is 37.7 cm³/mol. The van der Waals surface area contributed by atoms with Crippen LogP contribution in [0.5, 0.6) is 0 Å². The van der Waals surface area contributed by atoms with Crippen molar-refractivity contribution in [2.75, 3.05) is 13.1 Å². The number of hydrogen-bond acceptors (Lipinski definition) is 4. The molecule has 0 aromatic carbocycles. The molecule has 0 saturated carbocycles. The summed E-state index contributed by atoms with van der Waals surface area (Å²) in [5.74, 6) is -4.38. The summed E-state index contributed by atoms with van der Waals surface area (Å²) in [7, 11) is 0. The molecule has 0 unspecified atom stereocenters. The van der Waals surface area contributed by atoms with Crippen LogP contribution in [0.25, 0.3) is 0 Å². The zero-order valence-electron chi connectivity index (χ0n) is 6.61. The number of likely N-dealkylation sites (N-methyl/N-ethyl adjacent to an activating group) is 1. The number of carboxylic acids is 1. The SMILES string of the molecule is CCN(CC)C(O)(O)C(=O)O. The number of aliphatic carboxylic acids is 1. The van der Waals surface area contributed by atoms with Crippen LogP contribution >= 0.6 is 0 Å². The Morgan fingerprint density at radius 3 is 1.82 bits per heavy atom. The Labute approximate surface area is 64.9 Å². The molecule has 0 atom stereocenters. The van der Waals surface area contributed by atoms with Gasteiger partial charge in [0.2, 0.25) is 0 Å². The van der Waals surface area contributed by atoms with Crippen molar-refractivity contribution >= 4 is 5.97 Å². The molecular formula is C6H13NO4. The van der Waals surface area contributed by atoms with Crippen molar-refractivity contribution in [1.29, 1.82) is 0 Å². The van der Waals surface area contributed by atoms with Gasteiger partial charge in [0, 0.05) is 13.1 Å². The number of aliphatic hydroxyl groups is 2. The van der Waals surface area contributed by atoms with Gasteiger partial charge in [-0.2, -0.15) is 0 Å². The molecule has 0 aliphatic heterocycles. The Balaban J connectivity index is 4.36. The van der Waals surface area contributed by atoms with Crippen LogP contribution in [0.1, 0.15) is 13.8 Å². The maximum absolute atomic E-state index is 10.2. The molecule has 0 heterocycles. The van der Waals surface area contributed by atoms with Gasteiger partial charge in [0.05, 0.1) is 0 Å². The van der Waals surface area contributed by atoms with Gasteiger partial charge in [-0.05, 0) is 0 Å². The minimum Gasteiger partial charge on any atom is -0.476 e. The van der Waals surface area contributed by atoms with Gasteiger partial charge in [0.1, 0.15) is 0 Å². The van der Waals surface area contributed by atoms with E-state index in [4.69, 9.17) is 15.3 Å². The van der Waals surface area contributed by atoms with Gasteiger partial charge in [0.15, 0.2) is 0 Å². The number of rotatable bonds is 4. The fraction of sp³-hybridized carbons (Fsp3) is 0.833. The van der Waals surface area contributed by atoms with Crippen molar-refractivity contribution in [1.82, 2.24) is 4.90 Å². The molecule has 0 aliphatic carbocycles. The second kappa shape index (κ2) is 3.66. The lowest BCUT2D eigenvalue weighted by atomic mass is 10.4. The van der Waals surface area contributed by atoms with Crippen molar-refractivity contribution in [3.05, 3.63) is 0 Å². The first-order valence-corrected chi connectivity index (χ1v) is 3.40. The standard InChI is InChI=1S/C6H13NO4/c1-3-7(4-2)6(10,11)5(8)9/h10-11H,3-4H2,1-2H3,(H,8,9). The van der Waals surface area contributed by atoms with Crippen LogP contribution in [0.15, 0.2) is 0 Å². The first-order valence-electron chi connectivity index (χ1n) is 3.40. The largest absolute Gasteiger partial charge is 0.476 e. The summed E-state index contributed by atoms with van der Waals surface area (Å²) >= 11 is 0. The van der Waals surface area contributed by atoms with Crippen molar-refractivity contribution < 1.29 is 20.1 Å². The number of nitrogens with zero attached hydrogens (tertiary/aromatic N) is 1. The van der Waals surface area contributed by atoms with Crippen LogP contribution in [0.3, 0.4) is 0 Å². The van der Waals surface area contributed by atoms with Crippen molar-refractivity contribution in [3.8, 4) is 0 Å². The van der Waals surface area contributed by atoms with Gasteiger partial charge >= 0.3 is 11.9 Å². The highest BCUT2D eigenvalue weighted by Gasteiger charge is 2.38. The van der Waals surface area contributed by atoms with E-state index in [0.717, 1.165) is 4.90 Å². The van der Waals surface area contributed by atoms with E-state index < -0.39 is 11.9 Å². The number of hydrogen-bond donors (Lipinski definition) is 3. The molecular weight excluding hydrogens is 150 g/mol. The molecule has 0 rings (SSSR count). The van der Waals surface area contributed by atoms with Crippen LogP contribution < -0.4 is 0 Å². The Morgan fingerprint density at radius 2 is 1.73 bits per heavy atom. The topological polar surface area (TPSA) is 81.0 Å². The summed E-state index contributed by atoms with van der Waals surface area (Å²) in [6, 6.07) is 0. The summed E-state index contributed by atoms with van der Waals surface area (Å²) in [4.78, 5) is 11.3. The lowest BCUT2D eigenvalue weighted by molar-refractivity contribution is -0.262. The van der Waals surface area contributed by atoms with E-state index in [0.29, 0.717) is 0 Å². The molecule has 0 fully saturated rings. The fourth-order valence-electron chi connectivity index (χ4n) is 0.800. The number of carbonyl (C=O) groups is 1. The summed E-state index contributed by atoms with van der Waals surface area (Å²) in [5.41, 5.74) is 0. The Bertz CT molecular complexity index is 142. The minimum atomic E-state index is -2.73. The summed E-state index contributed by atoms with van der Waals surface area (Å²) < 4.78 is 0. The highest BCUT2D eigenvalue weighted by atomic mass is 16.6. The van der Waals surface area contributed by atoms with E-state index in [2.05, 4.69) is 0 Å². The molecule has 0 saturated heterocycles. The highest BCUT2D eigenvalue weighted by Crippen LogP contribution is 2.06.